The van der Waals surface area contributed by atoms with Crippen LogP contribution in [-0.4, -0.2) is 6.04 Å². The first-order valence-corrected chi connectivity index (χ1v) is 8.52. The van der Waals surface area contributed by atoms with Crippen molar-refractivity contribution in [2.75, 3.05) is 0 Å². The van der Waals surface area contributed by atoms with Crippen molar-refractivity contribution in [1.82, 2.24) is 5.32 Å². The maximum absolute atomic E-state index is 6.31. The Balaban J connectivity index is 2.04. The first-order chi connectivity index (χ1) is 9.49. The van der Waals surface area contributed by atoms with Crippen LogP contribution >= 0.6 is 34.8 Å². The van der Waals surface area contributed by atoms with E-state index in [-0.39, 0.29) is 6.04 Å². The molecule has 4 heteroatoms. The molecule has 0 spiro atoms. The molecular formula is C16H22Cl3N. The minimum absolute atomic E-state index is 0.190. The van der Waals surface area contributed by atoms with Crippen LogP contribution in [0.15, 0.2) is 12.1 Å². The second kappa shape index (κ2) is 7.35. The molecule has 20 heavy (non-hydrogen) atoms. The Bertz CT molecular complexity index is 461. The Morgan fingerprint density at radius 1 is 1.05 bits per heavy atom. The molecule has 1 nitrogen and oxygen atoms in total. The van der Waals surface area contributed by atoms with Crippen LogP contribution < -0.4 is 5.32 Å². The van der Waals surface area contributed by atoms with Gasteiger partial charge in [-0.2, -0.15) is 0 Å². The molecule has 1 aromatic rings. The van der Waals surface area contributed by atoms with Crippen LogP contribution in [0.4, 0.5) is 0 Å². The molecule has 1 aliphatic rings. The van der Waals surface area contributed by atoms with Gasteiger partial charge >= 0.3 is 0 Å². The van der Waals surface area contributed by atoms with Gasteiger partial charge in [0.05, 0.1) is 15.1 Å². The molecule has 1 aliphatic carbocycles. The van der Waals surface area contributed by atoms with E-state index in [1.807, 2.05) is 12.1 Å². The molecule has 0 radical (unpaired) electrons. The Morgan fingerprint density at radius 3 is 2.55 bits per heavy atom. The van der Waals surface area contributed by atoms with Crippen molar-refractivity contribution in [1.29, 1.82) is 0 Å². The molecule has 0 aromatic heterocycles. The highest BCUT2D eigenvalue weighted by Crippen LogP contribution is 2.36. The van der Waals surface area contributed by atoms with Crippen LogP contribution in [0, 0.1) is 5.92 Å². The maximum Gasteiger partial charge on any atom is 0.0781 e. The molecule has 0 saturated heterocycles. The average molecular weight is 335 g/mol. The summed E-state index contributed by atoms with van der Waals surface area (Å²) in [4.78, 5) is 0. The van der Waals surface area contributed by atoms with Crippen molar-refractivity contribution in [3.05, 3.63) is 32.8 Å². The van der Waals surface area contributed by atoms with Crippen molar-refractivity contribution in [3.8, 4) is 0 Å². The van der Waals surface area contributed by atoms with Gasteiger partial charge in [0.1, 0.15) is 0 Å². The summed E-state index contributed by atoms with van der Waals surface area (Å²) in [6, 6.07) is 4.54. The zero-order valence-corrected chi connectivity index (χ0v) is 14.3. The van der Waals surface area contributed by atoms with Gasteiger partial charge in [0.15, 0.2) is 0 Å². The fourth-order valence-electron chi connectivity index (χ4n) is 2.97. The number of nitrogens with one attached hydrogen (secondary N) is 1. The summed E-state index contributed by atoms with van der Waals surface area (Å²) in [5, 5.41) is 5.23. The maximum atomic E-state index is 6.31. The molecule has 1 aromatic carbocycles. The third kappa shape index (κ3) is 4.04. The molecule has 1 N–H and O–H groups in total. The van der Waals surface area contributed by atoms with E-state index in [1.54, 1.807) is 0 Å². The Morgan fingerprint density at radius 2 is 1.80 bits per heavy atom. The van der Waals surface area contributed by atoms with Gasteiger partial charge < -0.3 is 5.32 Å². The number of hydrogen-bond acceptors (Lipinski definition) is 1. The molecule has 112 valence electrons. The van der Waals surface area contributed by atoms with Crippen LogP contribution in [0.2, 0.25) is 15.1 Å². The molecule has 0 amide bonds. The van der Waals surface area contributed by atoms with Crippen molar-refractivity contribution < 1.29 is 0 Å². The lowest BCUT2D eigenvalue weighted by atomic mass is 10.0. The van der Waals surface area contributed by atoms with Gasteiger partial charge in [-0.15, -0.1) is 0 Å². The summed E-state index contributed by atoms with van der Waals surface area (Å²) in [5.74, 6) is 0.852. The lowest BCUT2D eigenvalue weighted by Gasteiger charge is -2.23. The molecule has 3 atom stereocenters. The number of benzene rings is 1. The van der Waals surface area contributed by atoms with E-state index in [4.69, 9.17) is 34.8 Å². The van der Waals surface area contributed by atoms with Crippen LogP contribution in [-0.2, 0) is 0 Å². The minimum atomic E-state index is 0.190. The van der Waals surface area contributed by atoms with Crippen molar-refractivity contribution in [3.63, 3.8) is 0 Å². The smallest absolute Gasteiger partial charge is 0.0781 e. The van der Waals surface area contributed by atoms with E-state index in [0.29, 0.717) is 21.1 Å². The molecular weight excluding hydrogens is 313 g/mol. The van der Waals surface area contributed by atoms with E-state index in [9.17, 15) is 0 Å². The summed E-state index contributed by atoms with van der Waals surface area (Å²) >= 11 is 18.4. The van der Waals surface area contributed by atoms with Gasteiger partial charge in [0.25, 0.3) is 0 Å². The van der Waals surface area contributed by atoms with Gasteiger partial charge in [-0.25, -0.2) is 0 Å². The van der Waals surface area contributed by atoms with E-state index in [2.05, 4.69) is 19.2 Å². The molecule has 0 aliphatic heterocycles. The quantitative estimate of drug-likeness (QED) is 0.507. The highest BCUT2D eigenvalue weighted by Gasteiger charge is 2.20. The van der Waals surface area contributed by atoms with Gasteiger partial charge in [0, 0.05) is 12.1 Å². The predicted octanol–water partition coefficient (Wildman–Crippen LogP) is 6.27. The molecule has 3 unspecified atom stereocenters. The highest BCUT2D eigenvalue weighted by atomic mass is 35.5. The lowest BCUT2D eigenvalue weighted by molar-refractivity contribution is 0.408. The summed E-state index contributed by atoms with van der Waals surface area (Å²) in [6.45, 7) is 4.49. The Hall–Kier alpha value is 0.0500. The van der Waals surface area contributed by atoms with E-state index < -0.39 is 0 Å². The molecule has 2 rings (SSSR count). The molecule has 1 saturated carbocycles. The van der Waals surface area contributed by atoms with E-state index in [1.165, 1.54) is 32.1 Å². The SMILES string of the molecule is CC1CCCC(NC(C)c2ccc(Cl)c(Cl)c2Cl)CC1. The normalized spacial score (nSPS) is 25.2. The van der Waals surface area contributed by atoms with Crippen molar-refractivity contribution in [2.24, 2.45) is 5.92 Å². The van der Waals surface area contributed by atoms with E-state index >= 15 is 0 Å². The topological polar surface area (TPSA) is 12.0 Å². The van der Waals surface area contributed by atoms with Gasteiger partial charge in [-0.05, 0) is 43.7 Å². The predicted molar refractivity (Wildman–Crippen MR) is 89.1 cm³/mol. The fourth-order valence-corrected chi connectivity index (χ4v) is 3.68. The number of halogens is 3. The zero-order valence-electron chi connectivity index (χ0n) is 12.1. The Kier molecular flexibility index (Phi) is 6.04. The summed E-state index contributed by atoms with van der Waals surface area (Å²) < 4.78 is 0. The number of hydrogen-bond donors (Lipinski definition) is 1. The largest absolute Gasteiger partial charge is 0.307 e. The van der Waals surface area contributed by atoms with Crippen LogP contribution in [0.1, 0.15) is 57.6 Å². The monoisotopic (exact) mass is 333 g/mol. The molecule has 0 bridgehead atoms. The second-order valence-corrected chi connectivity index (χ2v) is 7.13. The van der Waals surface area contributed by atoms with Gasteiger partial charge in [-0.1, -0.05) is 60.6 Å². The second-order valence-electron chi connectivity index (χ2n) is 5.96. The van der Waals surface area contributed by atoms with Crippen LogP contribution in [0.5, 0.6) is 0 Å². The third-order valence-electron chi connectivity index (χ3n) is 4.27. The summed E-state index contributed by atoms with van der Waals surface area (Å²) in [5.41, 5.74) is 1.03. The zero-order chi connectivity index (χ0) is 14.7. The summed E-state index contributed by atoms with van der Waals surface area (Å²) in [7, 11) is 0. The first kappa shape index (κ1) is 16.4. The highest BCUT2D eigenvalue weighted by molar-refractivity contribution is 6.48. The van der Waals surface area contributed by atoms with Gasteiger partial charge in [0.2, 0.25) is 0 Å². The Labute approximate surface area is 137 Å². The minimum Gasteiger partial charge on any atom is -0.307 e. The van der Waals surface area contributed by atoms with Crippen molar-refractivity contribution >= 4 is 34.8 Å². The third-order valence-corrected chi connectivity index (χ3v) is 5.58. The van der Waals surface area contributed by atoms with Crippen LogP contribution in [0.25, 0.3) is 0 Å². The lowest BCUT2D eigenvalue weighted by Crippen LogP contribution is -2.31. The number of rotatable bonds is 3. The standard InChI is InChI=1S/C16H22Cl3N/c1-10-4-3-5-12(7-6-10)20-11(2)13-8-9-14(17)16(19)15(13)18/h8-12,20H,3-7H2,1-2H3. The van der Waals surface area contributed by atoms with Crippen molar-refractivity contribution in [2.45, 2.75) is 58.0 Å². The van der Waals surface area contributed by atoms with E-state index in [0.717, 1.165) is 11.5 Å². The molecule has 0 heterocycles. The van der Waals surface area contributed by atoms with Gasteiger partial charge in [-0.3, -0.25) is 0 Å². The van der Waals surface area contributed by atoms with Crippen LogP contribution in [0.3, 0.4) is 0 Å². The summed E-state index contributed by atoms with van der Waals surface area (Å²) in [6.07, 6.45) is 6.44. The fraction of sp³-hybridized carbons (Fsp3) is 0.625. The molecule has 1 fully saturated rings. The average Bonchev–Trinajstić information content (AvgIpc) is 2.61. The first-order valence-electron chi connectivity index (χ1n) is 7.38.